The summed E-state index contributed by atoms with van der Waals surface area (Å²) in [4.78, 5) is 0. The summed E-state index contributed by atoms with van der Waals surface area (Å²) in [6, 6.07) is 13.6. The first kappa shape index (κ1) is 23.3. The van der Waals surface area contributed by atoms with Crippen molar-refractivity contribution < 1.29 is 0 Å². The van der Waals surface area contributed by atoms with Crippen LogP contribution in [0.5, 0.6) is 0 Å². The van der Waals surface area contributed by atoms with Gasteiger partial charge in [0.2, 0.25) is 0 Å². The fourth-order valence-corrected chi connectivity index (χ4v) is 8.12. The molecule has 0 spiro atoms. The van der Waals surface area contributed by atoms with Crippen molar-refractivity contribution >= 4 is 82.9 Å². The zero-order chi connectivity index (χ0) is 25.6. The van der Waals surface area contributed by atoms with Gasteiger partial charge in [-0.25, -0.2) is 0 Å². The second-order valence-electron chi connectivity index (χ2n) is 10.2. The minimum atomic E-state index is 1.02. The smallest absolute Gasteiger partial charge is 0.127 e. The summed E-state index contributed by atoms with van der Waals surface area (Å²) >= 11 is 9.64. The molecule has 0 radical (unpaired) electrons. The quantitative estimate of drug-likeness (QED) is 0.174. The maximum absolute atomic E-state index is 4.00. The average Bonchev–Trinajstić information content (AvgIpc) is 3.45. The van der Waals surface area contributed by atoms with Crippen molar-refractivity contribution in [3.05, 3.63) is 94.5 Å². The maximum Gasteiger partial charge on any atom is 0.127 e. The Hall–Kier alpha value is -2.78. The molecular formula is C32H24Br2N2S. The Kier molecular flexibility index (Phi) is 5.28. The van der Waals surface area contributed by atoms with Crippen LogP contribution < -0.4 is 10.6 Å². The Bertz CT molecular complexity index is 2070. The molecule has 0 unspecified atom stereocenters. The molecule has 5 heteroatoms. The predicted molar refractivity (Wildman–Crippen MR) is 165 cm³/mol. The van der Waals surface area contributed by atoms with Gasteiger partial charge in [-0.15, -0.1) is 11.3 Å². The second kappa shape index (κ2) is 8.36. The van der Waals surface area contributed by atoms with Crippen molar-refractivity contribution in [1.82, 2.24) is 9.13 Å². The second-order valence-corrected chi connectivity index (χ2v) is 13.4. The van der Waals surface area contributed by atoms with E-state index in [-0.39, 0.29) is 0 Å². The third-order valence-corrected chi connectivity index (χ3v) is 10.9. The molecule has 2 nitrogen and oxygen atoms in total. The monoisotopic (exact) mass is 626 g/mol. The molecule has 3 heterocycles. The van der Waals surface area contributed by atoms with Crippen molar-refractivity contribution in [3.8, 4) is 10.7 Å². The summed E-state index contributed by atoms with van der Waals surface area (Å²) < 4.78 is 7.04. The summed E-state index contributed by atoms with van der Waals surface area (Å²) in [5, 5.41) is 6.02. The number of thiophene rings is 1. The van der Waals surface area contributed by atoms with Gasteiger partial charge in [0.15, 0.2) is 0 Å². The van der Waals surface area contributed by atoms with Crippen LogP contribution in [0.3, 0.4) is 0 Å². The van der Waals surface area contributed by atoms with E-state index in [4.69, 9.17) is 0 Å². The largest absolute Gasteiger partial charge is 0.309 e. The highest BCUT2D eigenvalue weighted by molar-refractivity contribution is 9.13. The van der Waals surface area contributed by atoms with Crippen LogP contribution in [0.15, 0.2) is 61.5 Å². The molecule has 5 aromatic rings. The lowest BCUT2D eigenvalue weighted by molar-refractivity contribution is 0.852. The minimum absolute atomic E-state index is 1.02. The first-order valence-electron chi connectivity index (χ1n) is 12.5. The number of fused-ring (bicyclic) bond motifs is 6. The highest BCUT2D eigenvalue weighted by atomic mass is 79.9. The van der Waals surface area contributed by atoms with Crippen LogP contribution in [0.1, 0.15) is 42.7 Å². The minimum Gasteiger partial charge on any atom is -0.309 e. The van der Waals surface area contributed by atoms with Crippen LogP contribution in [0, 0.1) is 13.8 Å². The van der Waals surface area contributed by atoms with E-state index >= 15 is 0 Å². The van der Waals surface area contributed by atoms with Gasteiger partial charge in [-0.2, -0.15) is 0 Å². The number of hydrogen-bond donors (Lipinski definition) is 0. The Balaban J connectivity index is 1.66. The Morgan fingerprint density at radius 2 is 1.51 bits per heavy atom. The Morgan fingerprint density at radius 1 is 0.811 bits per heavy atom. The number of benzene rings is 2. The summed E-state index contributed by atoms with van der Waals surface area (Å²) in [5.74, 6) is 0. The molecule has 7 rings (SSSR count). The molecule has 0 bridgehead atoms. The lowest BCUT2D eigenvalue weighted by Gasteiger charge is -2.17. The fourth-order valence-electron chi connectivity index (χ4n) is 5.81. The van der Waals surface area contributed by atoms with Gasteiger partial charge in [0.25, 0.3) is 0 Å². The summed E-state index contributed by atoms with van der Waals surface area (Å²) in [6.07, 6.45) is 6.74. The van der Waals surface area contributed by atoms with Crippen LogP contribution in [0.25, 0.3) is 50.4 Å². The zero-order valence-corrected chi connectivity index (χ0v) is 25.1. The summed E-state index contributed by atoms with van der Waals surface area (Å²) in [7, 11) is 0. The van der Waals surface area contributed by atoms with Crippen molar-refractivity contribution in [2.45, 2.75) is 40.5 Å². The zero-order valence-electron chi connectivity index (χ0n) is 21.1. The third kappa shape index (κ3) is 3.43. The number of aryl methyl sites for hydroxylation is 2. The van der Waals surface area contributed by atoms with Crippen molar-refractivity contribution in [1.29, 1.82) is 0 Å². The molecule has 0 atom stereocenters. The molecule has 182 valence electrons. The molecule has 3 aromatic heterocycles. The molecule has 0 saturated carbocycles. The van der Waals surface area contributed by atoms with Crippen molar-refractivity contribution in [2.75, 3.05) is 0 Å². The molecule has 2 aliphatic rings. The van der Waals surface area contributed by atoms with Gasteiger partial charge in [-0.1, -0.05) is 40.6 Å². The molecule has 0 fully saturated rings. The Morgan fingerprint density at radius 3 is 2.27 bits per heavy atom. The van der Waals surface area contributed by atoms with Gasteiger partial charge in [0, 0.05) is 32.8 Å². The van der Waals surface area contributed by atoms with Gasteiger partial charge in [-0.3, -0.25) is 4.57 Å². The van der Waals surface area contributed by atoms with Crippen LogP contribution in [-0.4, -0.2) is 9.13 Å². The number of halogens is 2. The molecule has 0 saturated heterocycles. The highest BCUT2D eigenvalue weighted by Gasteiger charge is 2.27. The number of aromatic nitrogens is 2. The van der Waals surface area contributed by atoms with Gasteiger partial charge in [-0.05, 0) is 108 Å². The van der Waals surface area contributed by atoms with E-state index in [0.717, 1.165) is 32.0 Å². The summed E-state index contributed by atoms with van der Waals surface area (Å²) in [5.41, 5.74) is 18.3. The van der Waals surface area contributed by atoms with Gasteiger partial charge >= 0.3 is 0 Å². The van der Waals surface area contributed by atoms with E-state index < -0.39 is 0 Å². The van der Waals surface area contributed by atoms with Crippen LogP contribution in [0.4, 0.5) is 0 Å². The van der Waals surface area contributed by atoms with Gasteiger partial charge < -0.3 is 4.57 Å². The Labute approximate surface area is 236 Å². The maximum atomic E-state index is 4.00. The molecular weight excluding hydrogens is 604 g/mol. The van der Waals surface area contributed by atoms with Crippen LogP contribution in [-0.2, 0) is 6.42 Å². The van der Waals surface area contributed by atoms with Crippen LogP contribution >= 0.6 is 43.2 Å². The molecule has 2 aromatic carbocycles. The normalized spacial score (nSPS) is 14.3. The van der Waals surface area contributed by atoms with E-state index in [9.17, 15) is 0 Å². The van der Waals surface area contributed by atoms with Crippen molar-refractivity contribution in [3.63, 3.8) is 0 Å². The molecule has 2 aliphatic carbocycles. The van der Waals surface area contributed by atoms with E-state index in [2.05, 4.69) is 129 Å². The number of hydrogen-bond acceptors (Lipinski definition) is 1. The average molecular weight is 628 g/mol. The molecule has 0 N–H and O–H groups in total. The van der Waals surface area contributed by atoms with Crippen LogP contribution in [0.2, 0.25) is 0 Å². The first-order chi connectivity index (χ1) is 17.8. The van der Waals surface area contributed by atoms with E-state index in [1.54, 1.807) is 11.3 Å². The predicted octanol–water partition coefficient (Wildman–Crippen LogP) is 8.40. The molecule has 0 amide bonds. The SMILES string of the molecule is CC1=C=C=c2c(c3cc(C)ccc3n2-c2sc(Br)c(Br)c2-n2c3c(c4cc(C)ccc42)C=C(C)CC3)=C1. The standard InChI is InChI=1S/C32H24Br2N2S/c1-17-5-9-25-21(13-17)22-14-18(2)6-10-26(22)35(25)30-29(33)31(34)37-32(30)36-27-11-7-19(3)15-23(27)24-16-20(4)8-12-28(24)36/h5,7,9,11,13-16H,6,10H2,1-4H3. The lowest BCUT2D eigenvalue weighted by atomic mass is 9.96. The van der Waals surface area contributed by atoms with E-state index in [0.29, 0.717) is 0 Å². The number of allylic oxidation sites excluding steroid dienone is 2. The number of rotatable bonds is 2. The molecule has 0 aliphatic heterocycles. The first-order valence-corrected chi connectivity index (χ1v) is 14.9. The highest BCUT2D eigenvalue weighted by Crippen LogP contribution is 2.46. The van der Waals surface area contributed by atoms with Crippen molar-refractivity contribution in [2.24, 2.45) is 0 Å². The summed E-state index contributed by atoms with van der Waals surface area (Å²) in [6.45, 7) is 8.68. The lowest BCUT2D eigenvalue weighted by Crippen LogP contribution is -2.28. The van der Waals surface area contributed by atoms with Gasteiger partial charge in [0.05, 0.1) is 25.0 Å². The molecule has 37 heavy (non-hydrogen) atoms. The number of nitrogens with zero attached hydrogens (tertiary/aromatic N) is 2. The van der Waals surface area contributed by atoms with E-state index in [1.807, 2.05) is 0 Å². The van der Waals surface area contributed by atoms with Gasteiger partial charge in [0.1, 0.15) is 10.4 Å². The van der Waals surface area contributed by atoms with E-state index in [1.165, 1.54) is 65.7 Å². The fraction of sp³-hybridized carbons (Fsp3) is 0.188. The third-order valence-electron chi connectivity index (χ3n) is 7.51. The topological polar surface area (TPSA) is 9.86 Å².